The fourth-order valence-electron chi connectivity index (χ4n) is 4.89. The number of aliphatic carboxylic acids is 4. The number of hydrogen-bond acceptors (Lipinski definition) is 7. The van der Waals surface area contributed by atoms with Crippen molar-refractivity contribution >= 4 is 63.7 Å². The molecular formula is C50H66N4O10. The van der Waals surface area contributed by atoms with Crippen LogP contribution < -0.4 is 16.0 Å². The summed E-state index contributed by atoms with van der Waals surface area (Å²) < 4.78 is 0. The number of aryl methyl sites for hydroxylation is 2. The highest BCUT2D eigenvalue weighted by Gasteiger charge is 2.15. The van der Waals surface area contributed by atoms with Crippen LogP contribution in [0.1, 0.15) is 84.9 Å². The van der Waals surface area contributed by atoms with Gasteiger partial charge in [0.2, 0.25) is 11.8 Å². The van der Waals surface area contributed by atoms with Crippen LogP contribution in [0.3, 0.4) is 0 Å². The lowest BCUT2D eigenvalue weighted by atomic mass is 10.0. The fraction of sp³-hybridized carbons (Fsp3) is 0.360. The number of carbonyl (C=O) groups is 6. The molecule has 4 aromatic carbocycles. The van der Waals surface area contributed by atoms with Gasteiger partial charge in [-0.2, -0.15) is 0 Å². The van der Waals surface area contributed by atoms with Crippen LogP contribution >= 0.6 is 0 Å². The van der Waals surface area contributed by atoms with Crippen LogP contribution in [0.25, 0.3) is 10.9 Å². The Labute approximate surface area is 376 Å². The molecule has 8 rings (SSSR count). The van der Waals surface area contributed by atoms with E-state index in [0.717, 1.165) is 29.9 Å². The van der Waals surface area contributed by atoms with Gasteiger partial charge in [-0.15, -0.1) is 0 Å². The molecule has 0 unspecified atom stereocenters. The number of rotatable bonds is 4. The number of carboxylic acid groups (broad SMARTS) is 4. The SMILES string of the molecule is CC(C)C(=O)O.CC(C)C(=O)O.CC(C)C(=O)O.CC(C)C(=O)O.O=C1CCc2ccccc2N1.O=C1Cc2ccccc2N1.c1ccc2[nH]ccc2c1.c1ccc2c(c1)CCCN2. The van der Waals surface area contributed by atoms with Crippen molar-refractivity contribution in [2.75, 3.05) is 22.5 Å². The Hall–Kier alpha value is -6.96. The van der Waals surface area contributed by atoms with E-state index in [0.29, 0.717) is 12.8 Å². The monoisotopic (exact) mass is 882 g/mol. The number of fused-ring (bicyclic) bond motifs is 4. The van der Waals surface area contributed by atoms with E-state index >= 15 is 0 Å². The van der Waals surface area contributed by atoms with Gasteiger partial charge in [-0.3, -0.25) is 28.8 Å². The van der Waals surface area contributed by atoms with Gasteiger partial charge in [0.15, 0.2) is 0 Å². The number of carbonyl (C=O) groups excluding carboxylic acids is 2. The highest BCUT2D eigenvalue weighted by atomic mass is 16.4. The minimum absolute atomic E-state index is 0.0983. The number of nitrogens with one attached hydrogen (secondary N) is 4. The Bertz CT molecular complexity index is 2060. The minimum atomic E-state index is -0.741. The summed E-state index contributed by atoms with van der Waals surface area (Å²) in [4.78, 5) is 63.6. The van der Waals surface area contributed by atoms with Crippen molar-refractivity contribution in [2.45, 2.75) is 87.5 Å². The standard InChI is InChI=1S/C9H9NO.C9H11N.C8H7NO.C8H7N.4C4H8O2/c11-9-6-5-7-3-1-2-4-8(7)10-9;1-2-6-9-8(4-1)5-3-7-10-9;10-8-5-6-3-1-2-4-7(6)9-8;1-2-4-8-7(3-1)5-6-9-8;4*1-3(2)4(5)6/h1-4H,5-6H2,(H,10,11);1-2,4,6,10H,3,5,7H2;1-4H,5H2,(H,9,10);1-6,9H;4*3H,1-2H3,(H,5,6). The van der Waals surface area contributed by atoms with Crippen molar-refractivity contribution in [1.29, 1.82) is 0 Å². The number of para-hydroxylation sites is 4. The second-order valence-corrected chi connectivity index (χ2v) is 15.8. The molecule has 2 amide bonds. The third-order valence-electron chi connectivity index (χ3n) is 8.95. The van der Waals surface area contributed by atoms with Crippen molar-refractivity contribution in [3.05, 3.63) is 126 Å². The predicted molar refractivity (Wildman–Crippen MR) is 254 cm³/mol. The van der Waals surface area contributed by atoms with Gasteiger partial charge < -0.3 is 41.4 Å². The normalized spacial score (nSPS) is 12.2. The zero-order valence-electron chi connectivity index (χ0n) is 38.2. The Morgan fingerprint density at radius 1 is 0.469 bits per heavy atom. The summed E-state index contributed by atoms with van der Waals surface area (Å²) in [6.45, 7) is 14.3. The first-order chi connectivity index (χ1) is 30.2. The van der Waals surface area contributed by atoms with Gasteiger partial charge in [-0.1, -0.05) is 128 Å². The third kappa shape index (κ3) is 23.3. The molecule has 14 heteroatoms. The first kappa shape index (κ1) is 55.1. The number of anilines is 3. The lowest BCUT2D eigenvalue weighted by Crippen LogP contribution is -2.18. The molecule has 0 atom stereocenters. The van der Waals surface area contributed by atoms with Gasteiger partial charge >= 0.3 is 23.9 Å². The van der Waals surface area contributed by atoms with Crippen molar-refractivity contribution < 1.29 is 49.2 Å². The molecule has 4 heterocycles. The number of amides is 2. The number of aromatic nitrogens is 1. The zero-order valence-corrected chi connectivity index (χ0v) is 38.2. The lowest BCUT2D eigenvalue weighted by molar-refractivity contribution is -0.141. The molecule has 0 saturated heterocycles. The fourth-order valence-corrected chi connectivity index (χ4v) is 4.89. The molecular weight excluding hydrogens is 817 g/mol. The Kier molecular flexibility index (Phi) is 25.9. The molecule has 0 radical (unpaired) electrons. The number of H-pyrrole nitrogens is 1. The first-order valence-corrected chi connectivity index (χ1v) is 21.2. The number of benzene rings is 4. The predicted octanol–water partition coefficient (Wildman–Crippen LogP) is 9.87. The summed E-state index contributed by atoms with van der Waals surface area (Å²) in [6.07, 6.45) is 6.50. The third-order valence-corrected chi connectivity index (χ3v) is 8.95. The molecule has 1 aromatic heterocycles. The maximum atomic E-state index is 10.9. The van der Waals surface area contributed by atoms with Gasteiger partial charge in [0.25, 0.3) is 0 Å². The van der Waals surface area contributed by atoms with Crippen molar-refractivity contribution in [3.8, 4) is 0 Å². The van der Waals surface area contributed by atoms with E-state index in [-0.39, 0.29) is 35.5 Å². The molecule has 346 valence electrons. The van der Waals surface area contributed by atoms with Gasteiger partial charge in [0.1, 0.15) is 0 Å². The summed E-state index contributed by atoms with van der Waals surface area (Å²) in [7, 11) is 0. The van der Waals surface area contributed by atoms with Crippen LogP contribution in [-0.4, -0.2) is 67.6 Å². The summed E-state index contributed by atoms with van der Waals surface area (Å²) in [5.41, 5.74) is 8.29. The maximum Gasteiger partial charge on any atom is 0.305 e. The summed E-state index contributed by atoms with van der Waals surface area (Å²) in [5, 5.41) is 42.2. The van der Waals surface area contributed by atoms with Gasteiger partial charge in [0, 0.05) is 41.7 Å². The molecule has 0 spiro atoms. The molecule has 0 bridgehead atoms. The lowest BCUT2D eigenvalue weighted by Gasteiger charge is -2.16. The van der Waals surface area contributed by atoms with Crippen molar-refractivity contribution in [3.63, 3.8) is 0 Å². The summed E-state index contributed by atoms with van der Waals surface area (Å²) >= 11 is 0. The van der Waals surface area contributed by atoms with Crippen molar-refractivity contribution in [2.24, 2.45) is 23.7 Å². The summed E-state index contributed by atoms with van der Waals surface area (Å²) in [5.74, 6) is -3.66. The smallest absolute Gasteiger partial charge is 0.305 e. The molecule has 8 N–H and O–H groups in total. The largest absolute Gasteiger partial charge is 0.481 e. The van der Waals surface area contributed by atoms with E-state index in [1.54, 1.807) is 55.4 Å². The average Bonchev–Trinajstić information content (AvgIpc) is 3.91. The molecule has 5 aromatic rings. The zero-order chi connectivity index (χ0) is 48.2. The van der Waals surface area contributed by atoms with Crippen molar-refractivity contribution in [1.82, 2.24) is 4.98 Å². The van der Waals surface area contributed by atoms with Gasteiger partial charge in [-0.05, 0) is 71.7 Å². The Morgan fingerprint density at radius 3 is 1.31 bits per heavy atom. The van der Waals surface area contributed by atoms with E-state index in [9.17, 15) is 28.8 Å². The minimum Gasteiger partial charge on any atom is -0.481 e. The molecule has 0 fully saturated rings. The topological polar surface area (TPSA) is 235 Å². The number of aromatic amines is 1. The maximum absolute atomic E-state index is 10.9. The van der Waals surface area contributed by atoms with Crippen LogP contribution in [0, 0.1) is 23.7 Å². The van der Waals surface area contributed by atoms with E-state index in [4.69, 9.17) is 20.4 Å². The second-order valence-electron chi connectivity index (χ2n) is 15.8. The Morgan fingerprint density at radius 2 is 0.859 bits per heavy atom. The summed E-state index contributed by atoms with van der Waals surface area (Å²) in [6, 6.07) is 34.5. The van der Waals surface area contributed by atoms with E-state index < -0.39 is 23.9 Å². The van der Waals surface area contributed by atoms with Crippen LogP contribution in [0.2, 0.25) is 0 Å². The molecule has 64 heavy (non-hydrogen) atoms. The number of hydrogen-bond donors (Lipinski definition) is 8. The van der Waals surface area contributed by atoms with E-state index in [2.05, 4.69) is 69.5 Å². The first-order valence-electron chi connectivity index (χ1n) is 21.2. The van der Waals surface area contributed by atoms with Gasteiger partial charge in [0.05, 0.1) is 30.1 Å². The average molecular weight is 883 g/mol. The Balaban J connectivity index is 0.000000371. The van der Waals surface area contributed by atoms with Crippen LogP contribution in [0.5, 0.6) is 0 Å². The highest BCUT2D eigenvalue weighted by Crippen LogP contribution is 2.22. The number of carboxylic acids is 4. The molecule has 14 nitrogen and oxygen atoms in total. The van der Waals surface area contributed by atoms with Crippen LogP contribution in [-0.2, 0) is 48.0 Å². The quantitative estimate of drug-likeness (QED) is 0.0846. The van der Waals surface area contributed by atoms with Gasteiger partial charge in [-0.25, -0.2) is 0 Å². The highest BCUT2D eigenvalue weighted by molar-refractivity contribution is 5.99. The molecule has 3 aliphatic rings. The van der Waals surface area contributed by atoms with Crippen LogP contribution in [0.4, 0.5) is 17.1 Å². The van der Waals surface area contributed by atoms with E-state index in [1.165, 1.54) is 40.6 Å². The molecule has 0 saturated carbocycles. The molecule has 0 aliphatic carbocycles. The van der Waals surface area contributed by atoms with E-state index in [1.807, 2.05) is 60.8 Å². The molecule has 3 aliphatic heterocycles. The van der Waals surface area contributed by atoms with Crippen LogP contribution in [0.15, 0.2) is 109 Å². The second kappa shape index (κ2) is 30.1.